The van der Waals surface area contributed by atoms with Gasteiger partial charge in [0.05, 0.1) is 11.2 Å². The summed E-state index contributed by atoms with van der Waals surface area (Å²) in [5, 5.41) is 9.95. The first-order valence-corrected chi connectivity index (χ1v) is 13.8. The van der Waals surface area contributed by atoms with Crippen molar-refractivity contribution in [1.29, 1.82) is 0 Å². The van der Waals surface area contributed by atoms with Crippen LogP contribution in [0.25, 0.3) is 32.9 Å². The topological polar surface area (TPSA) is 70.2 Å². The Morgan fingerprint density at radius 2 is 1.85 bits per heavy atom. The van der Waals surface area contributed by atoms with Gasteiger partial charge in [-0.3, -0.25) is 19.7 Å². The minimum Gasteiger partial charge on any atom is -0.322 e. The molecule has 4 heterocycles. The largest absolute Gasteiger partial charge is 0.322 e. The number of aryl methyl sites for hydroxylation is 1. The summed E-state index contributed by atoms with van der Waals surface area (Å²) in [5.41, 5.74) is 6.65. The average molecular weight is 514 g/mol. The van der Waals surface area contributed by atoms with Crippen molar-refractivity contribution in [2.75, 3.05) is 25.0 Å². The van der Waals surface area contributed by atoms with Crippen molar-refractivity contribution >= 4 is 33.3 Å². The standard InChI is InChI=1S/C33H31N5O/c1-21-10-12-29(36-20-21)25-7-2-6-24-23(25)5-3-8-27(24)33(39)37-22-11-13-30-28(19-22)26(14-15-34-30)32-31-9-4-17-38(31)18-16-35-32/h2-3,5-8,10-15,19-20,31-32,35H,4,9,16-18H2,1H3,(H,37,39)/t31-,32?/m0/s1. The van der Waals surface area contributed by atoms with Gasteiger partial charge >= 0.3 is 0 Å². The Bertz CT molecular complexity index is 1700. The molecule has 6 nitrogen and oxygen atoms in total. The van der Waals surface area contributed by atoms with Crippen LogP contribution >= 0.6 is 0 Å². The number of amides is 1. The van der Waals surface area contributed by atoms with Crippen LogP contribution in [0, 0.1) is 6.92 Å². The van der Waals surface area contributed by atoms with E-state index in [-0.39, 0.29) is 11.9 Å². The molecule has 2 aliphatic rings. The highest BCUT2D eigenvalue weighted by atomic mass is 16.1. The molecule has 2 aromatic heterocycles. The van der Waals surface area contributed by atoms with E-state index in [2.05, 4.69) is 55.8 Å². The zero-order chi connectivity index (χ0) is 26.3. The van der Waals surface area contributed by atoms with E-state index in [4.69, 9.17) is 0 Å². The van der Waals surface area contributed by atoms with Crippen LogP contribution in [0.2, 0.25) is 0 Å². The van der Waals surface area contributed by atoms with Crippen LogP contribution in [0.4, 0.5) is 5.69 Å². The maximum absolute atomic E-state index is 13.6. The molecule has 2 N–H and O–H groups in total. The fraction of sp³-hybridized carbons (Fsp3) is 0.242. The summed E-state index contributed by atoms with van der Waals surface area (Å²) in [6.45, 7) is 5.31. The van der Waals surface area contributed by atoms with Gasteiger partial charge in [0.2, 0.25) is 0 Å². The molecule has 2 atom stereocenters. The molecule has 1 amide bonds. The lowest BCUT2D eigenvalue weighted by atomic mass is 9.93. The molecule has 2 saturated heterocycles. The number of carbonyl (C=O) groups is 1. The van der Waals surface area contributed by atoms with Crippen molar-refractivity contribution in [3.63, 3.8) is 0 Å². The Balaban J connectivity index is 1.23. The van der Waals surface area contributed by atoms with Crippen molar-refractivity contribution in [3.05, 3.63) is 102 Å². The van der Waals surface area contributed by atoms with Gasteiger partial charge in [0.1, 0.15) is 0 Å². The number of hydrogen-bond acceptors (Lipinski definition) is 5. The lowest BCUT2D eigenvalue weighted by Crippen LogP contribution is -2.49. The molecule has 1 unspecified atom stereocenters. The molecular weight excluding hydrogens is 482 g/mol. The van der Waals surface area contributed by atoms with Crippen LogP contribution in [0.1, 0.15) is 40.4 Å². The average Bonchev–Trinajstić information content (AvgIpc) is 3.46. The summed E-state index contributed by atoms with van der Waals surface area (Å²) in [6.07, 6.45) is 6.24. The quantitative estimate of drug-likeness (QED) is 0.303. The molecule has 2 fully saturated rings. The van der Waals surface area contributed by atoms with Gasteiger partial charge in [-0.25, -0.2) is 0 Å². The van der Waals surface area contributed by atoms with Gasteiger partial charge < -0.3 is 10.6 Å². The van der Waals surface area contributed by atoms with Crippen LogP contribution in [0.15, 0.2) is 85.2 Å². The Morgan fingerprint density at radius 3 is 2.74 bits per heavy atom. The molecule has 6 heteroatoms. The van der Waals surface area contributed by atoms with E-state index in [0.29, 0.717) is 11.6 Å². The predicted molar refractivity (Wildman–Crippen MR) is 157 cm³/mol. The third-order valence-electron chi connectivity index (χ3n) is 8.28. The first kappa shape index (κ1) is 23.9. The molecule has 5 aromatic rings. The van der Waals surface area contributed by atoms with Gasteiger partial charge in [0.25, 0.3) is 5.91 Å². The maximum Gasteiger partial charge on any atom is 0.256 e. The second-order valence-electron chi connectivity index (χ2n) is 10.7. The van der Waals surface area contributed by atoms with E-state index in [1.165, 1.54) is 24.9 Å². The molecule has 0 radical (unpaired) electrons. The number of fused-ring (bicyclic) bond motifs is 3. The molecule has 7 rings (SSSR count). The molecule has 0 spiro atoms. The maximum atomic E-state index is 13.6. The van der Waals surface area contributed by atoms with Gasteiger partial charge in [-0.15, -0.1) is 0 Å². The van der Waals surface area contributed by atoms with Gasteiger partial charge in [-0.2, -0.15) is 0 Å². The van der Waals surface area contributed by atoms with E-state index < -0.39 is 0 Å². The number of benzene rings is 3. The highest BCUT2D eigenvalue weighted by Gasteiger charge is 2.36. The van der Waals surface area contributed by atoms with Gasteiger partial charge in [-0.05, 0) is 84.6 Å². The Labute approximate surface area is 228 Å². The first-order chi connectivity index (χ1) is 19.2. The van der Waals surface area contributed by atoms with E-state index >= 15 is 0 Å². The number of aromatic nitrogens is 2. The lowest BCUT2D eigenvalue weighted by molar-refractivity contribution is 0.102. The number of pyridine rings is 2. The Kier molecular flexibility index (Phi) is 6.06. The number of nitrogens with zero attached hydrogens (tertiary/aromatic N) is 3. The summed E-state index contributed by atoms with van der Waals surface area (Å²) >= 11 is 0. The number of nitrogens with one attached hydrogen (secondary N) is 2. The number of rotatable bonds is 4. The molecule has 194 valence electrons. The zero-order valence-electron chi connectivity index (χ0n) is 22.0. The van der Waals surface area contributed by atoms with Crippen molar-refractivity contribution in [2.45, 2.75) is 31.8 Å². The minimum atomic E-state index is -0.128. The SMILES string of the molecule is Cc1ccc(-c2cccc3c(C(=O)Nc4ccc5nccc(C6NCCN7CCC[C@@H]67)c5c4)cccc23)nc1. The summed E-state index contributed by atoms with van der Waals surface area (Å²) in [7, 11) is 0. The number of carbonyl (C=O) groups excluding carboxylic acids is 1. The monoisotopic (exact) mass is 513 g/mol. The fourth-order valence-electron chi connectivity index (χ4n) is 6.40. The lowest BCUT2D eigenvalue weighted by Gasteiger charge is -2.38. The zero-order valence-corrected chi connectivity index (χ0v) is 22.0. The van der Waals surface area contributed by atoms with E-state index in [9.17, 15) is 4.79 Å². The third-order valence-corrected chi connectivity index (χ3v) is 8.28. The van der Waals surface area contributed by atoms with Crippen molar-refractivity contribution in [2.24, 2.45) is 0 Å². The predicted octanol–water partition coefficient (Wildman–Crippen LogP) is 6.12. The first-order valence-electron chi connectivity index (χ1n) is 13.8. The van der Waals surface area contributed by atoms with Crippen LogP contribution in [-0.2, 0) is 0 Å². The van der Waals surface area contributed by atoms with Crippen LogP contribution < -0.4 is 10.6 Å². The Hall–Kier alpha value is -4.13. The van der Waals surface area contributed by atoms with E-state index in [0.717, 1.165) is 57.3 Å². The van der Waals surface area contributed by atoms with Crippen LogP contribution in [0.3, 0.4) is 0 Å². The minimum absolute atomic E-state index is 0.128. The van der Waals surface area contributed by atoms with Gasteiger partial charge in [-0.1, -0.05) is 36.4 Å². The smallest absolute Gasteiger partial charge is 0.256 e. The molecule has 0 saturated carbocycles. The van der Waals surface area contributed by atoms with E-state index in [1.54, 1.807) is 0 Å². The molecule has 0 bridgehead atoms. The highest BCUT2D eigenvalue weighted by Crippen LogP contribution is 2.35. The highest BCUT2D eigenvalue weighted by molar-refractivity contribution is 6.15. The fourth-order valence-corrected chi connectivity index (χ4v) is 6.40. The summed E-state index contributed by atoms with van der Waals surface area (Å²) in [5.74, 6) is -0.128. The molecule has 3 aromatic carbocycles. The normalized spacial score (nSPS) is 19.3. The summed E-state index contributed by atoms with van der Waals surface area (Å²) < 4.78 is 0. The molecule has 39 heavy (non-hydrogen) atoms. The summed E-state index contributed by atoms with van der Waals surface area (Å²) in [6, 6.07) is 25.0. The van der Waals surface area contributed by atoms with Crippen molar-refractivity contribution < 1.29 is 4.79 Å². The number of hydrogen-bond donors (Lipinski definition) is 2. The second-order valence-corrected chi connectivity index (χ2v) is 10.7. The molecular formula is C33H31N5O. The molecule has 0 aliphatic carbocycles. The third kappa shape index (κ3) is 4.36. The van der Waals surface area contributed by atoms with Crippen molar-refractivity contribution in [1.82, 2.24) is 20.2 Å². The number of piperazine rings is 1. The Morgan fingerprint density at radius 1 is 0.949 bits per heavy atom. The van der Waals surface area contributed by atoms with Crippen LogP contribution in [-0.4, -0.2) is 46.5 Å². The molecule has 2 aliphatic heterocycles. The summed E-state index contributed by atoms with van der Waals surface area (Å²) in [4.78, 5) is 25.5. The van der Waals surface area contributed by atoms with Gasteiger partial charge in [0, 0.05) is 59.8 Å². The van der Waals surface area contributed by atoms with Gasteiger partial charge in [0.15, 0.2) is 0 Å². The van der Waals surface area contributed by atoms with Crippen molar-refractivity contribution in [3.8, 4) is 11.3 Å². The second kappa shape index (κ2) is 9.88. The van der Waals surface area contributed by atoms with Crippen LogP contribution in [0.5, 0.6) is 0 Å². The van der Waals surface area contributed by atoms with E-state index in [1.807, 2.05) is 61.8 Å². The number of anilines is 1.